The minimum absolute atomic E-state index is 0.0542. The first-order valence-corrected chi connectivity index (χ1v) is 10.4. The number of nitrogens with zero attached hydrogens (tertiary/aromatic N) is 6. The first-order valence-electron chi connectivity index (χ1n) is 10.0. The number of nitrogens with one attached hydrogen (secondary N) is 1. The Kier molecular flexibility index (Phi) is 6.63. The molecule has 0 bridgehead atoms. The summed E-state index contributed by atoms with van der Waals surface area (Å²) >= 11 is 5.97. The zero-order valence-corrected chi connectivity index (χ0v) is 18.0. The van der Waals surface area contributed by atoms with E-state index in [-0.39, 0.29) is 6.03 Å². The van der Waals surface area contributed by atoms with Crippen LogP contribution < -0.4 is 10.1 Å². The summed E-state index contributed by atoms with van der Waals surface area (Å²) in [5, 5.41) is 15.7. The van der Waals surface area contributed by atoms with Crippen LogP contribution in [0.3, 0.4) is 0 Å². The zero-order valence-electron chi connectivity index (χ0n) is 17.2. The molecule has 2 aromatic carbocycles. The van der Waals surface area contributed by atoms with Gasteiger partial charge in [0.25, 0.3) is 0 Å². The molecule has 2 amide bonds. The van der Waals surface area contributed by atoms with Crippen molar-refractivity contribution in [2.45, 2.75) is 13.1 Å². The maximum Gasteiger partial charge on any atom is 0.317 e. The van der Waals surface area contributed by atoms with Gasteiger partial charge in [0.05, 0.1) is 19.3 Å². The molecule has 3 aromatic rings. The van der Waals surface area contributed by atoms with Gasteiger partial charge in [-0.3, -0.25) is 4.90 Å². The lowest BCUT2D eigenvalue weighted by atomic mass is 10.2. The number of methoxy groups -OCH3 is 1. The summed E-state index contributed by atoms with van der Waals surface area (Å²) in [6.45, 7) is 3.90. The molecular formula is C21H24ClN7O2. The van der Waals surface area contributed by atoms with E-state index >= 15 is 0 Å². The van der Waals surface area contributed by atoms with Crippen molar-refractivity contribution >= 4 is 17.6 Å². The number of benzene rings is 2. The van der Waals surface area contributed by atoms with E-state index in [9.17, 15) is 4.79 Å². The molecule has 1 saturated heterocycles. The number of amides is 2. The quantitative estimate of drug-likeness (QED) is 0.631. The molecule has 0 saturated carbocycles. The molecule has 1 fully saturated rings. The molecular weight excluding hydrogens is 418 g/mol. The molecule has 4 rings (SSSR count). The van der Waals surface area contributed by atoms with Crippen molar-refractivity contribution in [3.8, 4) is 11.4 Å². The number of tetrazole rings is 1. The normalized spacial score (nSPS) is 14.5. The largest absolute Gasteiger partial charge is 0.497 e. The Hall–Kier alpha value is -3.17. The van der Waals surface area contributed by atoms with Crippen LogP contribution in [0.1, 0.15) is 11.4 Å². The monoisotopic (exact) mass is 441 g/mol. The Morgan fingerprint density at radius 1 is 1.06 bits per heavy atom. The van der Waals surface area contributed by atoms with E-state index in [4.69, 9.17) is 16.3 Å². The average molecular weight is 442 g/mol. The van der Waals surface area contributed by atoms with Gasteiger partial charge < -0.3 is 15.0 Å². The van der Waals surface area contributed by atoms with E-state index in [1.165, 1.54) is 0 Å². The van der Waals surface area contributed by atoms with E-state index in [0.717, 1.165) is 35.9 Å². The Labute approximate surface area is 185 Å². The first-order chi connectivity index (χ1) is 15.1. The number of piperazine rings is 1. The van der Waals surface area contributed by atoms with Gasteiger partial charge in [-0.2, -0.15) is 4.68 Å². The van der Waals surface area contributed by atoms with Crippen molar-refractivity contribution in [1.82, 2.24) is 35.3 Å². The Bertz CT molecular complexity index is 999. The third-order valence-electron chi connectivity index (χ3n) is 5.23. The maximum atomic E-state index is 12.5. The van der Waals surface area contributed by atoms with E-state index in [0.29, 0.717) is 31.2 Å². The molecule has 0 aliphatic carbocycles. The Morgan fingerprint density at radius 2 is 1.77 bits per heavy atom. The molecule has 1 aromatic heterocycles. The van der Waals surface area contributed by atoms with Crippen LogP contribution >= 0.6 is 11.6 Å². The predicted molar refractivity (Wildman–Crippen MR) is 116 cm³/mol. The van der Waals surface area contributed by atoms with Gasteiger partial charge in [-0.1, -0.05) is 23.7 Å². The van der Waals surface area contributed by atoms with Crippen LogP contribution in [0, 0.1) is 0 Å². The summed E-state index contributed by atoms with van der Waals surface area (Å²) in [4.78, 5) is 16.6. The molecule has 0 atom stereocenters. The highest BCUT2D eigenvalue weighted by atomic mass is 35.5. The number of urea groups is 1. The maximum absolute atomic E-state index is 12.5. The summed E-state index contributed by atoms with van der Waals surface area (Å²) < 4.78 is 6.87. The van der Waals surface area contributed by atoms with E-state index < -0.39 is 0 Å². The molecule has 0 radical (unpaired) electrons. The third kappa shape index (κ3) is 5.31. The molecule has 162 valence electrons. The van der Waals surface area contributed by atoms with Crippen LogP contribution in [-0.4, -0.2) is 69.3 Å². The fourth-order valence-corrected chi connectivity index (χ4v) is 3.56. The molecule has 0 unspecified atom stereocenters. The SMILES string of the molecule is COc1ccc(CNC(=O)N2CCN(Cc3nnnn3-c3ccc(Cl)cc3)CC2)cc1. The van der Waals surface area contributed by atoms with E-state index in [1.807, 2.05) is 53.4 Å². The lowest BCUT2D eigenvalue weighted by Crippen LogP contribution is -2.51. The molecule has 0 spiro atoms. The molecule has 2 heterocycles. The number of halogens is 1. The first kappa shape index (κ1) is 21.1. The number of carbonyl (C=O) groups excluding carboxylic acids is 1. The van der Waals surface area contributed by atoms with Crippen molar-refractivity contribution < 1.29 is 9.53 Å². The second-order valence-corrected chi connectivity index (χ2v) is 7.69. The van der Waals surface area contributed by atoms with Gasteiger partial charge in [0.1, 0.15) is 5.75 Å². The third-order valence-corrected chi connectivity index (χ3v) is 5.48. The smallest absolute Gasteiger partial charge is 0.317 e. The van der Waals surface area contributed by atoms with Crippen LogP contribution in [0.5, 0.6) is 5.75 Å². The second kappa shape index (κ2) is 9.76. The number of rotatable bonds is 6. The van der Waals surface area contributed by atoms with E-state index in [2.05, 4.69) is 25.7 Å². The van der Waals surface area contributed by atoms with Crippen LogP contribution in [-0.2, 0) is 13.1 Å². The van der Waals surface area contributed by atoms with Gasteiger partial charge in [0.2, 0.25) is 0 Å². The van der Waals surface area contributed by atoms with Crippen molar-refractivity contribution in [3.63, 3.8) is 0 Å². The van der Waals surface area contributed by atoms with Crippen molar-refractivity contribution in [2.75, 3.05) is 33.3 Å². The lowest BCUT2D eigenvalue weighted by molar-refractivity contribution is 0.133. The Morgan fingerprint density at radius 3 is 2.45 bits per heavy atom. The summed E-state index contributed by atoms with van der Waals surface area (Å²) in [5.74, 6) is 1.55. The summed E-state index contributed by atoms with van der Waals surface area (Å²) in [6, 6.07) is 15.0. The summed E-state index contributed by atoms with van der Waals surface area (Å²) in [5.41, 5.74) is 1.89. The van der Waals surface area contributed by atoms with Gasteiger partial charge in [0.15, 0.2) is 5.82 Å². The van der Waals surface area contributed by atoms with Crippen molar-refractivity contribution in [3.05, 3.63) is 64.9 Å². The van der Waals surface area contributed by atoms with E-state index in [1.54, 1.807) is 11.8 Å². The standard InChI is InChI=1S/C21H24ClN7O2/c1-31-19-8-2-16(3-9-19)14-23-21(30)28-12-10-27(11-13-28)15-20-24-25-26-29(20)18-6-4-17(22)5-7-18/h2-9H,10-15H2,1H3,(H,23,30). The average Bonchev–Trinajstić information content (AvgIpc) is 3.27. The summed E-state index contributed by atoms with van der Waals surface area (Å²) in [6.07, 6.45) is 0. The molecule has 1 aliphatic rings. The van der Waals surface area contributed by atoms with Crippen LogP contribution in [0.4, 0.5) is 4.79 Å². The van der Waals surface area contributed by atoms with Crippen molar-refractivity contribution in [2.24, 2.45) is 0 Å². The second-order valence-electron chi connectivity index (χ2n) is 7.25. The number of carbonyl (C=O) groups is 1. The molecule has 9 nitrogen and oxygen atoms in total. The highest BCUT2D eigenvalue weighted by Crippen LogP contribution is 2.15. The molecule has 1 N–H and O–H groups in total. The topological polar surface area (TPSA) is 88.4 Å². The lowest BCUT2D eigenvalue weighted by Gasteiger charge is -2.34. The fourth-order valence-electron chi connectivity index (χ4n) is 3.43. The van der Waals surface area contributed by atoms with Gasteiger partial charge in [0, 0.05) is 37.7 Å². The van der Waals surface area contributed by atoms with Gasteiger partial charge in [-0.25, -0.2) is 4.79 Å². The highest BCUT2D eigenvalue weighted by Gasteiger charge is 2.22. The van der Waals surface area contributed by atoms with Crippen LogP contribution in [0.15, 0.2) is 48.5 Å². The van der Waals surface area contributed by atoms with Gasteiger partial charge in [-0.15, -0.1) is 5.10 Å². The minimum Gasteiger partial charge on any atom is -0.497 e. The number of hydrogen-bond acceptors (Lipinski definition) is 6. The van der Waals surface area contributed by atoms with Crippen LogP contribution in [0.2, 0.25) is 5.02 Å². The van der Waals surface area contributed by atoms with Gasteiger partial charge >= 0.3 is 6.03 Å². The molecule has 1 aliphatic heterocycles. The zero-order chi connectivity index (χ0) is 21.6. The Balaban J connectivity index is 1.26. The number of aromatic nitrogens is 4. The molecule has 31 heavy (non-hydrogen) atoms. The van der Waals surface area contributed by atoms with Crippen LogP contribution in [0.25, 0.3) is 5.69 Å². The fraction of sp³-hybridized carbons (Fsp3) is 0.333. The predicted octanol–water partition coefficient (Wildman–Crippen LogP) is 2.35. The highest BCUT2D eigenvalue weighted by molar-refractivity contribution is 6.30. The molecule has 10 heteroatoms. The number of ether oxygens (including phenoxy) is 1. The van der Waals surface area contributed by atoms with Crippen molar-refractivity contribution in [1.29, 1.82) is 0 Å². The van der Waals surface area contributed by atoms with Gasteiger partial charge in [-0.05, 0) is 52.4 Å². The minimum atomic E-state index is -0.0542. The number of hydrogen-bond donors (Lipinski definition) is 1. The summed E-state index contributed by atoms with van der Waals surface area (Å²) in [7, 11) is 1.63.